The van der Waals surface area contributed by atoms with Gasteiger partial charge in [-0.25, -0.2) is 8.78 Å². The van der Waals surface area contributed by atoms with Crippen molar-refractivity contribution < 1.29 is 13.6 Å². The summed E-state index contributed by atoms with van der Waals surface area (Å²) in [5.74, 6) is -1.63. The lowest BCUT2D eigenvalue weighted by Crippen LogP contribution is -2.34. The number of hydrogen-bond acceptors (Lipinski definition) is 2. The summed E-state index contributed by atoms with van der Waals surface area (Å²) in [6, 6.07) is 3.63. The summed E-state index contributed by atoms with van der Waals surface area (Å²) in [6.45, 7) is 0.729. The number of nitrogens with two attached hydrogens (primary N) is 1. The third kappa shape index (κ3) is 3.90. The SMILES string of the molecule is Cl.NC[C@H]1CCC[C@H]1C(=O)NCc1ccc(F)c(F)c1. The fourth-order valence-corrected chi connectivity index (χ4v) is 2.63. The van der Waals surface area contributed by atoms with Crippen LogP contribution < -0.4 is 11.1 Å². The molecule has 1 aliphatic carbocycles. The van der Waals surface area contributed by atoms with E-state index in [0.717, 1.165) is 31.4 Å². The van der Waals surface area contributed by atoms with Crippen LogP contribution in [0, 0.1) is 23.5 Å². The Morgan fingerprint density at radius 2 is 2.05 bits per heavy atom. The fourth-order valence-electron chi connectivity index (χ4n) is 2.63. The van der Waals surface area contributed by atoms with Crippen molar-refractivity contribution in [3.8, 4) is 0 Å². The summed E-state index contributed by atoms with van der Waals surface area (Å²) in [6.07, 6.45) is 2.86. The van der Waals surface area contributed by atoms with Crippen molar-refractivity contribution in [2.75, 3.05) is 6.54 Å². The summed E-state index contributed by atoms with van der Waals surface area (Å²) in [7, 11) is 0. The fraction of sp³-hybridized carbons (Fsp3) is 0.500. The topological polar surface area (TPSA) is 55.1 Å². The summed E-state index contributed by atoms with van der Waals surface area (Å²) in [5.41, 5.74) is 6.19. The van der Waals surface area contributed by atoms with Gasteiger partial charge >= 0.3 is 0 Å². The number of benzene rings is 1. The predicted octanol–water partition coefficient (Wildman–Crippen LogP) is 2.38. The third-order valence-electron chi connectivity index (χ3n) is 3.75. The number of halogens is 3. The summed E-state index contributed by atoms with van der Waals surface area (Å²) < 4.78 is 25.8. The Morgan fingerprint density at radius 1 is 1.30 bits per heavy atom. The minimum atomic E-state index is -0.896. The Labute approximate surface area is 123 Å². The van der Waals surface area contributed by atoms with Gasteiger partial charge in [0.2, 0.25) is 5.91 Å². The summed E-state index contributed by atoms with van der Waals surface area (Å²) in [4.78, 5) is 12.0. The van der Waals surface area contributed by atoms with Gasteiger partial charge in [-0.3, -0.25) is 4.79 Å². The smallest absolute Gasteiger partial charge is 0.223 e. The highest BCUT2D eigenvalue weighted by molar-refractivity contribution is 5.85. The Bertz CT molecular complexity index is 470. The van der Waals surface area contributed by atoms with Gasteiger partial charge in [-0.1, -0.05) is 12.5 Å². The highest BCUT2D eigenvalue weighted by Crippen LogP contribution is 2.30. The molecule has 6 heteroatoms. The van der Waals surface area contributed by atoms with Crippen LogP contribution in [0.25, 0.3) is 0 Å². The zero-order chi connectivity index (χ0) is 13.8. The Balaban J connectivity index is 0.00000200. The van der Waals surface area contributed by atoms with Gasteiger partial charge in [-0.2, -0.15) is 0 Å². The molecule has 20 heavy (non-hydrogen) atoms. The molecule has 0 radical (unpaired) electrons. The van der Waals surface area contributed by atoms with Crippen molar-refractivity contribution in [3.63, 3.8) is 0 Å². The van der Waals surface area contributed by atoms with Crippen LogP contribution in [-0.4, -0.2) is 12.5 Å². The van der Waals surface area contributed by atoms with Crippen molar-refractivity contribution in [1.29, 1.82) is 0 Å². The third-order valence-corrected chi connectivity index (χ3v) is 3.75. The van der Waals surface area contributed by atoms with Crippen molar-refractivity contribution in [1.82, 2.24) is 5.32 Å². The van der Waals surface area contributed by atoms with E-state index in [4.69, 9.17) is 5.73 Å². The zero-order valence-corrected chi connectivity index (χ0v) is 11.9. The maximum absolute atomic E-state index is 13.0. The molecular weight excluding hydrogens is 286 g/mol. The van der Waals surface area contributed by atoms with Gasteiger partial charge in [0.15, 0.2) is 11.6 Å². The van der Waals surface area contributed by atoms with Crippen LogP contribution in [0.3, 0.4) is 0 Å². The first-order valence-corrected chi connectivity index (χ1v) is 6.53. The van der Waals surface area contributed by atoms with Gasteiger partial charge in [0.05, 0.1) is 0 Å². The number of carbonyl (C=O) groups excluding carboxylic acids is 1. The van der Waals surface area contributed by atoms with E-state index in [1.165, 1.54) is 6.07 Å². The quantitative estimate of drug-likeness (QED) is 0.897. The monoisotopic (exact) mass is 304 g/mol. The molecule has 3 N–H and O–H groups in total. The first-order chi connectivity index (χ1) is 9.11. The Hall–Kier alpha value is -1.20. The predicted molar refractivity (Wildman–Crippen MR) is 75.3 cm³/mol. The molecule has 1 saturated carbocycles. The molecule has 0 aliphatic heterocycles. The molecule has 2 rings (SSSR count). The second-order valence-electron chi connectivity index (χ2n) is 5.00. The molecule has 1 aromatic rings. The van der Waals surface area contributed by atoms with E-state index in [-0.39, 0.29) is 36.7 Å². The lowest BCUT2D eigenvalue weighted by Gasteiger charge is -2.17. The first kappa shape index (κ1) is 16.9. The van der Waals surface area contributed by atoms with Gasteiger partial charge in [0, 0.05) is 12.5 Å². The molecule has 1 aliphatic rings. The molecule has 1 fully saturated rings. The van der Waals surface area contributed by atoms with Gasteiger partial charge in [-0.15, -0.1) is 12.4 Å². The normalized spacial score (nSPS) is 21.4. The largest absolute Gasteiger partial charge is 0.352 e. The Kier molecular flexibility index (Phi) is 6.36. The average Bonchev–Trinajstić information content (AvgIpc) is 2.88. The molecule has 0 unspecified atom stereocenters. The lowest BCUT2D eigenvalue weighted by atomic mass is 9.95. The second-order valence-corrected chi connectivity index (χ2v) is 5.00. The van der Waals surface area contributed by atoms with Gasteiger partial charge in [0.1, 0.15) is 0 Å². The lowest BCUT2D eigenvalue weighted by molar-refractivity contribution is -0.126. The standard InChI is InChI=1S/C14H18F2N2O.ClH/c15-12-5-4-9(6-13(12)16)8-18-14(19)11-3-1-2-10(11)7-17;/h4-6,10-11H,1-3,7-8,17H2,(H,18,19);1H/t10-,11-;/m1./s1. The van der Waals surface area contributed by atoms with E-state index in [1.807, 2.05) is 0 Å². The number of nitrogens with one attached hydrogen (secondary N) is 1. The molecular formula is C14H19ClF2N2O. The van der Waals surface area contributed by atoms with Crippen LogP contribution in [0.1, 0.15) is 24.8 Å². The van der Waals surface area contributed by atoms with Crippen molar-refractivity contribution in [3.05, 3.63) is 35.4 Å². The maximum atomic E-state index is 13.0. The maximum Gasteiger partial charge on any atom is 0.223 e. The van der Waals surface area contributed by atoms with Crippen LogP contribution in [-0.2, 0) is 11.3 Å². The molecule has 0 bridgehead atoms. The van der Waals surface area contributed by atoms with E-state index in [1.54, 1.807) is 0 Å². The van der Waals surface area contributed by atoms with Crippen molar-refractivity contribution >= 4 is 18.3 Å². The molecule has 1 aromatic carbocycles. The van der Waals surface area contributed by atoms with E-state index >= 15 is 0 Å². The molecule has 2 atom stereocenters. The first-order valence-electron chi connectivity index (χ1n) is 6.53. The summed E-state index contributed by atoms with van der Waals surface area (Å²) >= 11 is 0. The van der Waals surface area contributed by atoms with Crippen molar-refractivity contribution in [2.45, 2.75) is 25.8 Å². The molecule has 1 amide bonds. The van der Waals surface area contributed by atoms with Crippen LogP contribution in [0.4, 0.5) is 8.78 Å². The van der Waals surface area contributed by atoms with Crippen LogP contribution in [0.2, 0.25) is 0 Å². The molecule has 0 saturated heterocycles. The van der Waals surface area contributed by atoms with E-state index in [9.17, 15) is 13.6 Å². The van der Waals surface area contributed by atoms with Crippen molar-refractivity contribution in [2.24, 2.45) is 17.6 Å². The number of carbonyl (C=O) groups is 1. The van der Waals surface area contributed by atoms with Crippen LogP contribution in [0.5, 0.6) is 0 Å². The second kappa shape index (κ2) is 7.55. The average molecular weight is 305 g/mol. The number of rotatable bonds is 4. The zero-order valence-electron chi connectivity index (χ0n) is 11.1. The molecule has 112 valence electrons. The Morgan fingerprint density at radius 3 is 2.70 bits per heavy atom. The minimum absolute atomic E-state index is 0. The highest BCUT2D eigenvalue weighted by atomic mass is 35.5. The van der Waals surface area contributed by atoms with E-state index < -0.39 is 11.6 Å². The minimum Gasteiger partial charge on any atom is -0.352 e. The van der Waals surface area contributed by atoms with Gasteiger partial charge in [0.25, 0.3) is 0 Å². The summed E-state index contributed by atoms with van der Waals surface area (Å²) in [5, 5.41) is 2.77. The van der Waals surface area contributed by atoms with E-state index in [0.29, 0.717) is 12.1 Å². The van der Waals surface area contributed by atoms with E-state index in [2.05, 4.69) is 5.32 Å². The van der Waals surface area contributed by atoms with Gasteiger partial charge < -0.3 is 11.1 Å². The van der Waals surface area contributed by atoms with Gasteiger partial charge in [-0.05, 0) is 43.0 Å². The molecule has 0 heterocycles. The highest BCUT2D eigenvalue weighted by Gasteiger charge is 2.31. The van der Waals surface area contributed by atoms with Crippen LogP contribution >= 0.6 is 12.4 Å². The molecule has 3 nitrogen and oxygen atoms in total. The molecule has 0 spiro atoms. The number of hydrogen-bond donors (Lipinski definition) is 2. The van der Waals surface area contributed by atoms with Crippen LogP contribution in [0.15, 0.2) is 18.2 Å². The molecule has 0 aromatic heterocycles. The number of amides is 1.